The van der Waals surface area contributed by atoms with Crippen LogP contribution in [0, 0.1) is 0 Å². The molecule has 0 saturated heterocycles. The molecule has 1 aliphatic heterocycles. The third kappa shape index (κ3) is 5.61. The molecule has 1 N–H and O–H groups in total. The van der Waals surface area contributed by atoms with E-state index in [0.29, 0.717) is 12.0 Å². The second kappa shape index (κ2) is 9.21. The van der Waals surface area contributed by atoms with Crippen molar-refractivity contribution < 1.29 is 24.2 Å². The number of esters is 2. The highest BCUT2D eigenvalue weighted by molar-refractivity contribution is 5.94. The van der Waals surface area contributed by atoms with E-state index in [1.54, 1.807) is 6.92 Å². The summed E-state index contributed by atoms with van der Waals surface area (Å²) in [6.45, 7) is 4.11. The van der Waals surface area contributed by atoms with Crippen molar-refractivity contribution >= 4 is 11.9 Å². The second-order valence-corrected chi connectivity index (χ2v) is 5.00. The molecule has 0 atom stereocenters. The van der Waals surface area contributed by atoms with Gasteiger partial charge in [0.15, 0.2) is 0 Å². The number of aliphatic hydroxyl groups excluding tert-OH is 1. The fraction of sp³-hybridized carbons (Fsp3) is 0.625. The molecule has 21 heavy (non-hydrogen) atoms. The van der Waals surface area contributed by atoms with E-state index in [2.05, 4.69) is 6.92 Å². The van der Waals surface area contributed by atoms with E-state index in [1.807, 2.05) is 0 Å². The van der Waals surface area contributed by atoms with Crippen LogP contribution in [0.3, 0.4) is 0 Å². The molecule has 0 radical (unpaired) electrons. The molecular formula is C16H24O5. The summed E-state index contributed by atoms with van der Waals surface area (Å²) in [5, 5.41) is 9.72. The van der Waals surface area contributed by atoms with Gasteiger partial charge in [-0.05, 0) is 19.8 Å². The molecule has 0 spiro atoms. The van der Waals surface area contributed by atoms with Gasteiger partial charge in [0.2, 0.25) is 5.76 Å². The van der Waals surface area contributed by atoms with Crippen molar-refractivity contribution in [3.63, 3.8) is 0 Å². The number of aliphatic hydroxyl groups is 1. The average Bonchev–Trinajstić information content (AvgIpc) is 2.70. The van der Waals surface area contributed by atoms with Crippen molar-refractivity contribution in [2.24, 2.45) is 0 Å². The van der Waals surface area contributed by atoms with E-state index in [0.717, 1.165) is 25.3 Å². The van der Waals surface area contributed by atoms with Gasteiger partial charge >= 0.3 is 11.9 Å². The Morgan fingerprint density at radius 2 is 1.86 bits per heavy atom. The van der Waals surface area contributed by atoms with Crippen LogP contribution in [-0.2, 0) is 19.1 Å². The number of hydrogen-bond donors (Lipinski definition) is 1. The number of cyclic esters (lactones) is 1. The van der Waals surface area contributed by atoms with Crippen LogP contribution in [0.1, 0.15) is 58.8 Å². The molecule has 118 valence electrons. The maximum atomic E-state index is 11.4. The number of carbonyl (C=O) groups excluding carboxylic acids is 2. The van der Waals surface area contributed by atoms with Crippen LogP contribution in [-0.4, -0.2) is 23.7 Å². The summed E-state index contributed by atoms with van der Waals surface area (Å²) in [5.41, 5.74) is 0.406. The van der Waals surface area contributed by atoms with Crippen LogP contribution >= 0.6 is 0 Å². The lowest BCUT2D eigenvalue weighted by molar-refractivity contribution is -0.137. The first kappa shape index (κ1) is 17.3. The van der Waals surface area contributed by atoms with Gasteiger partial charge in [-0.25, -0.2) is 9.59 Å². The minimum atomic E-state index is -0.800. The number of unbranched alkanes of at least 4 members (excludes halogenated alkanes) is 5. The van der Waals surface area contributed by atoms with E-state index in [-0.39, 0.29) is 18.1 Å². The number of hydrogen-bond acceptors (Lipinski definition) is 5. The summed E-state index contributed by atoms with van der Waals surface area (Å²) in [5.74, 6) is -1.65. The summed E-state index contributed by atoms with van der Waals surface area (Å²) < 4.78 is 9.68. The van der Waals surface area contributed by atoms with Crippen LogP contribution in [0.2, 0.25) is 0 Å². The molecule has 0 aromatic carbocycles. The van der Waals surface area contributed by atoms with Gasteiger partial charge in [0.1, 0.15) is 5.76 Å². The molecule has 5 heteroatoms. The smallest absolute Gasteiger partial charge is 0.379 e. The molecule has 1 heterocycles. The molecule has 1 aliphatic rings. The topological polar surface area (TPSA) is 72.8 Å². The summed E-state index contributed by atoms with van der Waals surface area (Å²) in [4.78, 5) is 22.8. The summed E-state index contributed by atoms with van der Waals surface area (Å²) in [7, 11) is 0. The van der Waals surface area contributed by atoms with Crippen LogP contribution in [0.5, 0.6) is 0 Å². The molecule has 0 aromatic rings. The lowest BCUT2D eigenvalue weighted by Gasteiger charge is -2.04. The van der Waals surface area contributed by atoms with Crippen molar-refractivity contribution in [1.29, 1.82) is 0 Å². The Bertz CT molecular complexity index is 434. The minimum absolute atomic E-state index is 0.115. The Kier molecular flexibility index (Phi) is 7.58. The number of rotatable bonds is 9. The standard InChI is InChI=1S/C16H24O5/c1-3-5-6-7-8-9-10-12-13(11-14(17)20-4-2)21-16(19)15(12)18/h11,18H,3-10H2,1-2H3/b13-11-. The fourth-order valence-corrected chi connectivity index (χ4v) is 2.18. The highest BCUT2D eigenvalue weighted by Gasteiger charge is 2.29. The molecule has 0 aliphatic carbocycles. The zero-order chi connectivity index (χ0) is 15.7. The molecule has 0 bridgehead atoms. The van der Waals surface area contributed by atoms with E-state index >= 15 is 0 Å². The molecule has 1 rings (SSSR count). The Morgan fingerprint density at radius 1 is 1.19 bits per heavy atom. The van der Waals surface area contributed by atoms with E-state index in [9.17, 15) is 14.7 Å². The van der Waals surface area contributed by atoms with Gasteiger partial charge in [-0.1, -0.05) is 39.0 Å². The predicted octanol–water partition coefficient (Wildman–Crippen LogP) is 3.55. The SMILES string of the molecule is CCCCCCCCC1=C(O)C(=O)O/C1=C\C(=O)OCC. The lowest BCUT2D eigenvalue weighted by atomic mass is 10.0. The van der Waals surface area contributed by atoms with Gasteiger partial charge < -0.3 is 14.6 Å². The highest BCUT2D eigenvalue weighted by atomic mass is 16.6. The van der Waals surface area contributed by atoms with E-state index in [1.165, 1.54) is 19.3 Å². The Morgan fingerprint density at radius 3 is 2.52 bits per heavy atom. The van der Waals surface area contributed by atoms with Gasteiger partial charge in [-0.2, -0.15) is 0 Å². The van der Waals surface area contributed by atoms with Gasteiger partial charge in [-0.3, -0.25) is 0 Å². The fourth-order valence-electron chi connectivity index (χ4n) is 2.18. The Hall–Kier alpha value is -1.78. The summed E-state index contributed by atoms with van der Waals surface area (Å²) >= 11 is 0. The summed E-state index contributed by atoms with van der Waals surface area (Å²) in [6.07, 6.45) is 8.27. The molecule has 0 saturated carbocycles. The van der Waals surface area contributed by atoms with Crippen LogP contribution < -0.4 is 0 Å². The van der Waals surface area contributed by atoms with Crippen LogP contribution in [0.15, 0.2) is 23.2 Å². The van der Waals surface area contributed by atoms with Crippen molar-refractivity contribution in [2.45, 2.75) is 58.8 Å². The maximum Gasteiger partial charge on any atom is 0.379 e. The molecule has 0 aromatic heterocycles. The zero-order valence-electron chi connectivity index (χ0n) is 12.8. The minimum Gasteiger partial charge on any atom is -0.502 e. The largest absolute Gasteiger partial charge is 0.502 e. The average molecular weight is 296 g/mol. The van der Waals surface area contributed by atoms with Crippen molar-refractivity contribution in [3.05, 3.63) is 23.2 Å². The first-order chi connectivity index (χ1) is 10.1. The molecule has 0 unspecified atom stereocenters. The lowest BCUT2D eigenvalue weighted by Crippen LogP contribution is -2.03. The van der Waals surface area contributed by atoms with Gasteiger partial charge in [0, 0.05) is 5.57 Å². The third-order valence-corrected chi connectivity index (χ3v) is 3.30. The van der Waals surface area contributed by atoms with Crippen LogP contribution in [0.4, 0.5) is 0 Å². The van der Waals surface area contributed by atoms with Crippen LogP contribution in [0.25, 0.3) is 0 Å². The zero-order valence-corrected chi connectivity index (χ0v) is 12.8. The Labute approximate surface area is 125 Å². The van der Waals surface area contributed by atoms with E-state index < -0.39 is 11.9 Å². The quantitative estimate of drug-likeness (QED) is 0.400. The molecular weight excluding hydrogens is 272 g/mol. The van der Waals surface area contributed by atoms with Crippen molar-refractivity contribution in [1.82, 2.24) is 0 Å². The Balaban J connectivity index is 2.54. The van der Waals surface area contributed by atoms with Gasteiger partial charge in [0.25, 0.3) is 0 Å². The van der Waals surface area contributed by atoms with E-state index in [4.69, 9.17) is 9.47 Å². The van der Waals surface area contributed by atoms with Gasteiger partial charge in [-0.15, -0.1) is 0 Å². The maximum absolute atomic E-state index is 11.4. The molecule has 0 fully saturated rings. The first-order valence-corrected chi connectivity index (χ1v) is 7.63. The normalized spacial score (nSPS) is 16.5. The highest BCUT2D eigenvalue weighted by Crippen LogP contribution is 2.29. The third-order valence-electron chi connectivity index (χ3n) is 3.30. The monoisotopic (exact) mass is 296 g/mol. The van der Waals surface area contributed by atoms with Crippen molar-refractivity contribution in [2.75, 3.05) is 6.61 Å². The second-order valence-electron chi connectivity index (χ2n) is 5.00. The molecule has 5 nitrogen and oxygen atoms in total. The van der Waals surface area contributed by atoms with Gasteiger partial charge in [0.05, 0.1) is 12.7 Å². The predicted molar refractivity (Wildman–Crippen MR) is 78.5 cm³/mol. The summed E-state index contributed by atoms with van der Waals surface area (Å²) in [6, 6.07) is 0. The molecule has 0 amide bonds. The number of carbonyl (C=O) groups is 2. The number of allylic oxidation sites excluding steroid dienone is 1. The number of ether oxygens (including phenoxy) is 2. The first-order valence-electron chi connectivity index (χ1n) is 7.63. The van der Waals surface area contributed by atoms with Crippen molar-refractivity contribution in [3.8, 4) is 0 Å².